The van der Waals surface area contributed by atoms with E-state index in [1.54, 1.807) is 13.2 Å². The van der Waals surface area contributed by atoms with Crippen LogP contribution in [-0.2, 0) is 27.1 Å². The standard InChI is InChI=1S/C13H18N4O2/c1-4-5-11-14-6-7-17(11)9-10-8-12(18)16(3)13(19)15(10)2/h6-8H,4-5,9H2,1-3H3. The molecule has 2 aromatic rings. The lowest BCUT2D eigenvalue weighted by atomic mass is 10.3. The van der Waals surface area contributed by atoms with Gasteiger partial charge in [0.05, 0.1) is 6.54 Å². The molecule has 0 saturated heterocycles. The Kier molecular flexibility index (Phi) is 3.69. The topological polar surface area (TPSA) is 61.8 Å². The Hall–Kier alpha value is -2.11. The molecule has 0 amide bonds. The quantitative estimate of drug-likeness (QED) is 0.795. The molecule has 0 N–H and O–H groups in total. The van der Waals surface area contributed by atoms with Crippen LogP contribution in [0.5, 0.6) is 0 Å². The summed E-state index contributed by atoms with van der Waals surface area (Å²) in [5.74, 6) is 0.968. The molecule has 2 aromatic heterocycles. The first-order valence-electron chi connectivity index (χ1n) is 6.30. The van der Waals surface area contributed by atoms with E-state index in [-0.39, 0.29) is 11.2 Å². The molecule has 2 rings (SSSR count). The maximum Gasteiger partial charge on any atom is 0.330 e. The molecule has 102 valence electrons. The number of aromatic nitrogens is 4. The minimum Gasteiger partial charge on any atom is -0.329 e. The van der Waals surface area contributed by atoms with E-state index in [1.807, 2.05) is 10.8 Å². The van der Waals surface area contributed by atoms with E-state index in [1.165, 1.54) is 17.7 Å². The first-order chi connectivity index (χ1) is 9.04. The highest BCUT2D eigenvalue weighted by atomic mass is 16.2. The van der Waals surface area contributed by atoms with Crippen LogP contribution >= 0.6 is 0 Å². The Bertz CT molecular complexity index is 693. The molecule has 0 bridgehead atoms. The summed E-state index contributed by atoms with van der Waals surface area (Å²) in [6, 6.07) is 1.50. The van der Waals surface area contributed by atoms with E-state index >= 15 is 0 Å². The van der Waals surface area contributed by atoms with Crippen molar-refractivity contribution in [2.75, 3.05) is 0 Å². The predicted octanol–water partition coefficient (Wildman–Crippen LogP) is 0.281. The monoisotopic (exact) mass is 262 g/mol. The van der Waals surface area contributed by atoms with Crippen LogP contribution < -0.4 is 11.2 Å². The van der Waals surface area contributed by atoms with Gasteiger partial charge in [-0.2, -0.15) is 0 Å². The lowest BCUT2D eigenvalue weighted by molar-refractivity contribution is 0.610. The van der Waals surface area contributed by atoms with Gasteiger partial charge in [0.1, 0.15) is 5.82 Å². The Labute approximate surface area is 110 Å². The fourth-order valence-electron chi connectivity index (χ4n) is 2.04. The number of hydrogen-bond donors (Lipinski definition) is 0. The average Bonchev–Trinajstić information content (AvgIpc) is 2.81. The third kappa shape index (κ3) is 2.52. The summed E-state index contributed by atoms with van der Waals surface area (Å²) in [6.07, 6.45) is 5.50. The van der Waals surface area contributed by atoms with Gasteiger partial charge in [-0.3, -0.25) is 13.9 Å². The van der Waals surface area contributed by atoms with Crippen LogP contribution in [0.2, 0.25) is 0 Å². The fraction of sp³-hybridized carbons (Fsp3) is 0.462. The van der Waals surface area contributed by atoms with E-state index in [9.17, 15) is 9.59 Å². The van der Waals surface area contributed by atoms with Gasteiger partial charge in [0.25, 0.3) is 5.56 Å². The third-order valence-electron chi connectivity index (χ3n) is 3.23. The summed E-state index contributed by atoms with van der Waals surface area (Å²) in [5.41, 5.74) is 0.0957. The van der Waals surface area contributed by atoms with E-state index in [0.717, 1.165) is 23.2 Å². The van der Waals surface area contributed by atoms with E-state index in [2.05, 4.69) is 11.9 Å². The summed E-state index contributed by atoms with van der Waals surface area (Å²) >= 11 is 0. The van der Waals surface area contributed by atoms with Gasteiger partial charge in [-0.25, -0.2) is 9.78 Å². The molecule has 0 fully saturated rings. The molecule has 0 unspecified atom stereocenters. The summed E-state index contributed by atoms with van der Waals surface area (Å²) in [6.45, 7) is 2.57. The molecule has 0 radical (unpaired) electrons. The van der Waals surface area contributed by atoms with Crippen LogP contribution in [0.4, 0.5) is 0 Å². The first-order valence-corrected chi connectivity index (χ1v) is 6.30. The SMILES string of the molecule is CCCc1nccn1Cc1cc(=O)n(C)c(=O)n1C. The zero-order valence-corrected chi connectivity index (χ0v) is 11.5. The van der Waals surface area contributed by atoms with Crippen LogP contribution in [0, 0.1) is 0 Å². The molecular formula is C13H18N4O2. The van der Waals surface area contributed by atoms with Gasteiger partial charge < -0.3 is 4.57 Å². The number of imidazole rings is 1. The van der Waals surface area contributed by atoms with Crippen molar-refractivity contribution in [3.8, 4) is 0 Å². The molecule has 0 aromatic carbocycles. The Balaban J connectivity index is 2.42. The zero-order valence-electron chi connectivity index (χ0n) is 11.5. The summed E-state index contributed by atoms with van der Waals surface area (Å²) in [7, 11) is 3.15. The predicted molar refractivity (Wildman–Crippen MR) is 72.2 cm³/mol. The van der Waals surface area contributed by atoms with Gasteiger partial charge in [-0.1, -0.05) is 6.92 Å². The van der Waals surface area contributed by atoms with Crippen LogP contribution in [-0.4, -0.2) is 18.7 Å². The van der Waals surface area contributed by atoms with Gasteiger partial charge in [0.2, 0.25) is 0 Å². The smallest absolute Gasteiger partial charge is 0.329 e. The van der Waals surface area contributed by atoms with Crippen molar-refractivity contribution >= 4 is 0 Å². The zero-order chi connectivity index (χ0) is 14.0. The molecule has 0 aliphatic carbocycles. The fourth-order valence-corrected chi connectivity index (χ4v) is 2.04. The highest BCUT2D eigenvalue weighted by molar-refractivity contribution is 5.05. The van der Waals surface area contributed by atoms with Crippen molar-refractivity contribution in [1.29, 1.82) is 0 Å². The second-order valence-corrected chi connectivity index (χ2v) is 4.60. The van der Waals surface area contributed by atoms with Gasteiger partial charge in [-0.05, 0) is 6.42 Å². The molecule has 0 atom stereocenters. The maximum absolute atomic E-state index is 11.9. The second-order valence-electron chi connectivity index (χ2n) is 4.60. The molecule has 0 spiro atoms. The van der Waals surface area contributed by atoms with Crippen molar-refractivity contribution in [3.05, 3.63) is 50.8 Å². The summed E-state index contributed by atoms with van der Waals surface area (Å²) < 4.78 is 4.57. The third-order valence-corrected chi connectivity index (χ3v) is 3.23. The number of rotatable bonds is 4. The van der Waals surface area contributed by atoms with E-state index in [0.29, 0.717) is 12.2 Å². The normalized spacial score (nSPS) is 10.9. The Morgan fingerprint density at radius 1 is 1.21 bits per heavy atom. The van der Waals surface area contributed by atoms with Crippen LogP contribution in [0.25, 0.3) is 0 Å². The van der Waals surface area contributed by atoms with Gasteiger partial charge in [0, 0.05) is 44.7 Å². The van der Waals surface area contributed by atoms with Crippen LogP contribution in [0.15, 0.2) is 28.0 Å². The summed E-state index contributed by atoms with van der Waals surface area (Å²) in [4.78, 5) is 27.8. The highest BCUT2D eigenvalue weighted by Gasteiger charge is 2.08. The van der Waals surface area contributed by atoms with Crippen LogP contribution in [0.3, 0.4) is 0 Å². The number of aryl methyl sites for hydroxylation is 1. The number of nitrogens with zero attached hydrogens (tertiary/aromatic N) is 4. The lowest BCUT2D eigenvalue weighted by Crippen LogP contribution is -2.38. The molecule has 19 heavy (non-hydrogen) atoms. The van der Waals surface area contributed by atoms with Crippen molar-refractivity contribution in [2.45, 2.75) is 26.3 Å². The van der Waals surface area contributed by atoms with Crippen molar-refractivity contribution in [1.82, 2.24) is 18.7 Å². The molecule has 0 saturated carbocycles. The Morgan fingerprint density at radius 2 is 1.95 bits per heavy atom. The van der Waals surface area contributed by atoms with Crippen molar-refractivity contribution < 1.29 is 0 Å². The molecular weight excluding hydrogens is 244 g/mol. The lowest BCUT2D eigenvalue weighted by Gasteiger charge is -2.11. The molecule has 6 nitrogen and oxygen atoms in total. The summed E-state index contributed by atoms with van der Waals surface area (Å²) in [5, 5.41) is 0. The molecule has 0 aliphatic rings. The van der Waals surface area contributed by atoms with Crippen LogP contribution in [0.1, 0.15) is 24.9 Å². The van der Waals surface area contributed by atoms with Crippen molar-refractivity contribution in [3.63, 3.8) is 0 Å². The van der Waals surface area contributed by atoms with E-state index in [4.69, 9.17) is 0 Å². The Morgan fingerprint density at radius 3 is 2.63 bits per heavy atom. The van der Waals surface area contributed by atoms with Crippen molar-refractivity contribution in [2.24, 2.45) is 14.1 Å². The largest absolute Gasteiger partial charge is 0.330 e. The molecule has 0 aliphatic heterocycles. The number of hydrogen-bond acceptors (Lipinski definition) is 3. The minimum atomic E-state index is -0.306. The second kappa shape index (κ2) is 5.26. The molecule has 2 heterocycles. The highest BCUT2D eigenvalue weighted by Crippen LogP contribution is 2.04. The average molecular weight is 262 g/mol. The van der Waals surface area contributed by atoms with Gasteiger partial charge in [0.15, 0.2) is 0 Å². The maximum atomic E-state index is 11.9. The minimum absolute atomic E-state index is 0.282. The van der Waals surface area contributed by atoms with Gasteiger partial charge >= 0.3 is 5.69 Å². The van der Waals surface area contributed by atoms with Gasteiger partial charge in [-0.15, -0.1) is 0 Å². The van der Waals surface area contributed by atoms with E-state index < -0.39 is 0 Å². The molecule has 6 heteroatoms. The first kappa shape index (κ1) is 13.3.